The van der Waals surface area contributed by atoms with E-state index in [1.54, 1.807) is 0 Å². The number of hydrogen-bond acceptors (Lipinski definition) is 2. The highest BCUT2D eigenvalue weighted by atomic mass is 16.5. The minimum Gasteiger partial charge on any atom is -0.380 e. The van der Waals surface area contributed by atoms with Gasteiger partial charge in [-0.25, -0.2) is 0 Å². The summed E-state index contributed by atoms with van der Waals surface area (Å²) in [5.41, 5.74) is 0. The molecule has 0 radical (unpaired) electrons. The number of methoxy groups -OCH3 is 1. The van der Waals surface area contributed by atoms with Gasteiger partial charge in [-0.3, -0.25) is 0 Å². The molecule has 0 aromatic rings. The maximum absolute atomic E-state index is 5.50. The molecule has 2 heteroatoms. The molecule has 0 aliphatic heterocycles. The highest BCUT2D eigenvalue weighted by Gasteiger charge is 2.22. The van der Waals surface area contributed by atoms with Crippen LogP contribution < -0.4 is 5.32 Å². The van der Waals surface area contributed by atoms with Crippen LogP contribution in [0.2, 0.25) is 0 Å². The molecule has 2 nitrogen and oxygen atoms in total. The molecule has 0 saturated heterocycles. The quantitative estimate of drug-likeness (QED) is 0.661. The topological polar surface area (TPSA) is 21.3 Å². The van der Waals surface area contributed by atoms with Crippen molar-refractivity contribution in [1.29, 1.82) is 0 Å². The third kappa shape index (κ3) is 4.63. The smallest absolute Gasteiger partial charge is 0.0726 e. The third-order valence-electron chi connectivity index (χ3n) is 2.43. The minimum atomic E-state index is 0.366. The lowest BCUT2D eigenvalue weighted by molar-refractivity contribution is 0.0465. The minimum absolute atomic E-state index is 0.366. The molecule has 0 amide bonds. The molecule has 13 heavy (non-hydrogen) atoms. The molecule has 0 rings (SSSR count). The lowest BCUT2D eigenvalue weighted by atomic mass is 9.95. The van der Waals surface area contributed by atoms with Gasteiger partial charge in [0.05, 0.1) is 6.10 Å². The highest BCUT2D eigenvalue weighted by Crippen LogP contribution is 2.13. The number of ether oxygens (including phenoxy) is 1. The normalized spacial score (nSPS) is 16.2. The molecule has 0 aliphatic carbocycles. The summed E-state index contributed by atoms with van der Waals surface area (Å²) in [5.74, 6) is 0.636. The molecule has 0 spiro atoms. The maximum atomic E-state index is 5.50. The Morgan fingerprint density at radius 3 is 2.15 bits per heavy atom. The van der Waals surface area contributed by atoms with Gasteiger partial charge < -0.3 is 10.1 Å². The first kappa shape index (κ1) is 12.9. The van der Waals surface area contributed by atoms with E-state index in [0.29, 0.717) is 18.1 Å². The fraction of sp³-hybridized carbons (Fsp3) is 1.00. The molecular formula is C11H25NO. The molecule has 2 atom stereocenters. The standard InChI is InChI=1S/C11H25NO/c1-6-8-10(13-5)11(9(3)4)12-7-2/h9-12H,6-8H2,1-5H3. The Balaban J connectivity index is 4.11. The first-order chi connectivity index (χ1) is 6.17. The van der Waals surface area contributed by atoms with Crippen molar-refractivity contribution in [1.82, 2.24) is 5.32 Å². The summed E-state index contributed by atoms with van der Waals surface area (Å²) >= 11 is 0. The molecule has 0 aromatic carbocycles. The Morgan fingerprint density at radius 1 is 1.23 bits per heavy atom. The average Bonchev–Trinajstić information content (AvgIpc) is 2.10. The summed E-state index contributed by atoms with van der Waals surface area (Å²) in [7, 11) is 1.81. The van der Waals surface area contributed by atoms with Crippen LogP contribution in [-0.2, 0) is 4.74 Å². The SMILES string of the molecule is CCCC(OC)C(NCC)C(C)C. The van der Waals surface area contributed by atoms with Crippen molar-refractivity contribution < 1.29 is 4.74 Å². The van der Waals surface area contributed by atoms with E-state index in [2.05, 4.69) is 33.0 Å². The van der Waals surface area contributed by atoms with E-state index in [1.807, 2.05) is 7.11 Å². The first-order valence-electron chi connectivity index (χ1n) is 5.43. The van der Waals surface area contributed by atoms with Gasteiger partial charge in [-0.05, 0) is 18.9 Å². The van der Waals surface area contributed by atoms with Crippen LogP contribution in [0.15, 0.2) is 0 Å². The van der Waals surface area contributed by atoms with Crippen LogP contribution >= 0.6 is 0 Å². The molecule has 80 valence electrons. The second kappa shape index (κ2) is 7.34. The van der Waals surface area contributed by atoms with Gasteiger partial charge in [-0.1, -0.05) is 34.1 Å². The summed E-state index contributed by atoms with van der Waals surface area (Å²) in [4.78, 5) is 0. The molecule has 0 heterocycles. The summed E-state index contributed by atoms with van der Waals surface area (Å²) in [6.45, 7) is 9.86. The zero-order valence-corrected chi connectivity index (χ0v) is 9.76. The van der Waals surface area contributed by atoms with Gasteiger partial charge >= 0.3 is 0 Å². The Bertz CT molecular complexity index is 115. The summed E-state index contributed by atoms with van der Waals surface area (Å²) in [6, 6.07) is 0.495. The molecule has 0 aromatic heterocycles. The van der Waals surface area contributed by atoms with Crippen LogP contribution in [0.25, 0.3) is 0 Å². The first-order valence-corrected chi connectivity index (χ1v) is 5.43. The number of likely N-dealkylation sites (N-methyl/N-ethyl adjacent to an activating group) is 1. The van der Waals surface area contributed by atoms with Crippen LogP contribution in [0.4, 0.5) is 0 Å². The zero-order chi connectivity index (χ0) is 10.3. The Hall–Kier alpha value is -0.0800. The lowest BCUT2D eigenvalue weighted by Gasteiger charge is -2.29. The van der Waals surface area contributed by atoms with E-state index < -0.39 is 0 Å². The van der Waals surface area contributed by atoms with Crippen molar-refractivity contribution in [2.45, 2.75) is 52.7 Å². The van der Waals surface area contributed by atoms with E-state index in [9.17, 15) is 0 Å². The number of nitrogens with one attached hydrogen (secondary N) is 1. The van der Waals surface area contributed by atoms with Gasteiger partial charge in [0.15, 0.2) is 0 Å². The Labute approximate surface area is 83.1 Å². The van der Waals surface area contributed by atoms with Crippen LogP contribution in [0, 0.1) is 5.92 Å². The molecule has 0 bridgehead atoms. The van der Waals surface area contributed by atoms with Crippen molar-refractivity contribution in [3.05, 3.63) is 0 Å². The fourth-order valence-electron chi connectivity index (χ4n) is 1.76. The molecule has 0 saturated carbocycles. The van der Waals surface area contributed by atoms with Gasteiger partial charge in [0.25, 0.3) is 0 Å². The van der Waals surface area contributed by atoms with E-state index in [4.69, 9.17) is 4.74 Å². The molecule has 0 fully saturated rings. The van der Waals surface area contributed by atoms with Gasteiger partial charge in [-0.15, -0.1) is 0 Å². The maximum Gasteiger partial charge on any atom is 0.0726 e. The predicted molar refractivity (Wildman–Crippen MR) is 58.0 cm³/mol. The van der Waals surface area contributed by atoms with E-state index in [-0.39, 0.29) is 0 Å². The highest BCUT2D eigenvalue weighted by molar-refractivity contribution is 4.79. The Morgan fingerprint density at radius 2 is 1.85 bits per heavy atom. The van der Waals surface area contributed by atoms with Gasteiger partial charge in [0.1, 0.15) is 0 Å². The Kier molecular flexibility index (Phi) is 7.29. The lowest BCUT2D eigenvalue weighted by Crippen LogP contribution is -2.44. The van der Waals surface area contributed by atoms with Crippen molar-refractivity contribution in [3.8, 4) is 0 Å². The summed E-state index contributed by atoms with van der Waals surface area (Å²) in [5, 5.41) is 3.49. The van der Waals surface area contributed by atoms with Crippen molar-refractivity contribution in [2.75, 3.05) is 13.7 Å². The summed E-state index contributed by atoms with van der Waals surface area (Å²) in [6.07, 6.45) is 2.70. The van der Waals surface area contributed by atoms with Crippen molar-refractivity contribution in [2.24, 2.45) is 5.92 Å². The molecule has 0 aliphatic rings. The monoisotopic (exact) mass is 187 g/mol. The second-order valence-corrected chi connectivity index (χ2v) is 3.89. The summed E-state index contributed by atoms with van der Waals surface area (Å²) < 4.78 is 5.50. The van der Waals surface area contributed by atoms with Gasteiger partial charge in [0.2, 0.25) is 0 Å². The van der Waals surface area contributed by atoms with E-state index in [1.165, 1.54) is 6.42 Å². The largest absolute Gasteiger partial charge is 0.380 e. The molecule has 2 unspecified atom stereocenters. The molecular weight excluding hydrogens is 162 g/mol. The van der Waals surface area contributed by atoms with E-state index >= 15 is 0 Å². The predicted octanol–water partition coefficient (Wildman–Crippen LogP) is 2.44. The number of hydrogen-bond donors (Lipinski definition) is 1. The second-order valence-electron chi connectivity index (χ2n) is 3.89. The fourth-order valence-corrected chi connectivity index (χ4v) is 1.76. The number of rotatable bonds is 7. The molecule has 1 N–H and O–H groups in total. The van der Waals surface area contributed by atoms with E-state index in [0.717, 1.165) is 13.0 Å². The zero-order valence-electron chi connectivity index (χ0n) is 9.76. The van der Waals surface area contributed by atoms with Crippen LogP contribution in [0.3, 0.4) is 0 Å². The van der Waals surface area contributed by atoms with Gasteiger partial charge in [0, 0.05) is 13.2 Å². The van der Waals surface area contributed by atoms with Crippen molar-refractivity contribution >= 4 is 0 Å². The van der Waals surface area contributed by atoms with Crippen LogP contribution in [0.5, 0.6) is 0 Å². The average molecular weight is 187 g/mol. The van der Waals surface area contributed by atoms with Gasteiger partial charge in [-0.2, -0.15) is 0 Å². The van der Waals surface area contributed by atoms with Crippen LogP contribution in [0.1, 0.15) is 40.5 Å². The van der Waals surface area contributed by atoms with Crippen molar-refractivity contribution in [3.63, 3.8) is 0 Å². The third-order valence-corrected chi connectivity index (χ3v) is 2.43. The van der Waals surface area contributed by atoms with Crippen LogP contribution in [-0.4, -0.2) is 25.8 Å².